The van der Waals surface area contributed by atoms with Crippen molar-refractivity contribution in [3.8, 4) is 0 Å². The fourth-order valence-electron chi connectivity index (χ4n) is 3.64. The van der Waals surface area contributed by atoms with Gasteiger partial charge in [0.05, 0.1) is 18.7 Å². The Morgan fingerprint density at radius 1 is 1.27 bits per heavy atom. The number of ether oxygens (including phenoxy) is 1. The molecular weight excluding hydrogens is 330 g/mol. The highest BCUT2D eigenvalue weighted by Crippen LogP contribution is 2.31. The molecule has 1 aromatic carbocycles. The number of nitrogens with zero attached hydrogens (tertiary/aromatic N) is 3. The lowest BCUT2D eigenvalue weighted by atomic mass is 9.96. The summed E-state index contributed by atoms with van der Waals surface area (Å²) in [5.41, 5.74) is 5.23. The smallest absolute Gasteiger partial charge is 0.414 e. The monoisotopic (exact) mass is 351 g/mol. The van der Waals surface area contributed by atoms with Gasteiger partial charge in [0.2, 0.25) is 5.91 Å². The lowest BCUT2D eigenvalue weighted by Crippen LogP contribution is -2.38. The highest BCUT2D eigenvalue weighted by molar-refractivity contribution is 5.90. The average Bonchev–Trinajstić information content (AvgIpc) is 3.08. The molecule has 2 aliphatic rings. The Balaban J connectivity index is 1.52. The number of rotatable bonds is 3. The number of cyclic esters (lactones) is 1. The molecule has 3 heterocycles. The summed E-state index contributed by atoms with van der Waals surface area (Å²) in [4.78, 5) is 32.3. The zero-order valence-electron chi connectivity index (χ0n) is 14.8. The molecule has 1 aromatic heterocycles. The summed E-state index contributed by atoms with van der Waals surface area (Å²) in [6.45, 7) is 4.23. The number of amides is 2. The second-order valence-corrected chi connectivity index (χ2v) is 6.73. The van der Waals surface area contributed by atoms with Crippen LogP contribution in [0.25, 0.3) is 0 Å². The third-order valence-corrected chi connectivity index (χ3v) is 5.12. The van der Waals surface area contributed by atoms with Gasteiger partial charge in [-0.25, -0.2) is 4.79 Å². The predicted molar refractivity (Wildman–Crippen MR) is 96.9 cm³/mol. The molecule has 2 amide bonds. The van der Waals surface area contributed by atoms with Crippen LogP contribution in [0.2, 0.25) is 0 Å². The Hall–Kier alpha value is -2.89. The number of aryl methyl sites for hydroxylation is 1. The number of carbonyl (C=O) groups is 2. The number of benzene rings is 1. The summed E-state index contributed by atoms with van der Waals surface area (Å²) < 4.78 is 5.07. The van der Waals surface area contributed by atoms with Gasteiger partial charge in [-0.1, -0.05) is 12.1 Å². The minimum atomic E-state index is -0.287. The van der Waals surface area contributed by atoms with E-state index in [1.807, 2.05) is 36.1 Å². The van der Waals surface area contributed by atoms with E-state index in [-0.39, 0.29) is 12.0 Å². The van der Waals surface area contributed by atoms with E-state index in [4.69, 9.17) is 4.74 Å². The molecule has 6 heteroatoms. The number of hydrogen-bond acceptors (Lipinski definition) is 4. The van der Waals surface area contributed by atoms with Gasteiger partial charge in [-0.15, -0.1) is 0 Å². The fraction of sp³-hybridized carbons (Fsp3) is 0.350. The van der Waals surface area contributed by atoms with Gasteiger partial charge in [0.25, 0.3) is 0 Å². The third kappa shape index (κ3) is 3.03. The van der Waals surface area contributed by atoms with Crippen molar-refractivity contribution in [3.05, 3.63) is 58.9 Å². The Kier molecular flexibility index (Phi) is 4.32. The van der Waals surface area contributed by atoms with Crippen LogP contribution in [0.5, 0.6) is 0 Å². The van der Waals surface area contributed by atoms with Gasteiger partial charge < -0.3 is 9.64 Å². The maximum Gasteiger partial charge on any atom is 0.414 e. The summed E-state index contributed by atoms with van der Waals surface area (Å²) >= 11 is 0. The van der Waals surface area contributed by atoms with Gasteiger partial charge in [-0.2, -0.15) is 0 Å². The minimum absolute atomic E-state index is 0.121. The highest BCUT2D eigenvalue weighted by Gasteiger charge is 2.29. The van der Waals surface area contributed by atoms with E-state index in [2.05, 4.69) is 4.98 Å². The van der Waals surface area contributed by atoms with E-state index in [1.54, 1.807) is 17.3 Å². The molecular formula is C20H21N3O3. The first kappa shape index (κ1) is 16.6. The van der Waals surface area contributed by atoms with Crippen molar-refractivity contribution in [1.29, 1.82) is 0 Å². The summed E-state index contributed by atoms with van der Waals surface area (Å²) in [7, 11) is 0. The zero-order valence-corrected chi connectivity index (χ0v) is 14.8. The van der Waals surface area contributed by atoms with E-state index in [0.29, 0.717) is 32.7 Å². The zero-order chi connectivity index (χ0) is 18.1. The molecule has 0 bridgehead atoms. The van der Waals surface area contributed by atoms with Gasteiger partial charge in [-0.05, 0) is 47.7 Å². The van der Waals surface area contributed by atoms with E-state index < -0.39 is 0 Å². The number of carbonyl (C=O) groups excluding carboxylic acids is 2. The standard InChI is InChI=1S/C20H21N3O3/c1-14-12-21-7-5-15(14)11-19(24)22-8-6-17-16(13-22)3-2-4-18(17)23-9-10-26-20(23)25/h2-5,7,12H,6,8-11,13H2,1H3. The molecule has 134 valence electrons. The van der Waals surface area contributed by atoms with Crippen molar-refractivity contribution in [1.82, 2.24) is 9.88 Å². The van der Waals surface area contributed by atoms with Crippen molar-refractivity contribution in [3.63, 3.8) is 0 Å². The van der Waals surface area contributed by atoms with E-state index in [1.165, 1.54) is 0 Å². The molecule has 6 nitrogen and oxygen atoms in total. The van der Waals surface area contributed by atoms with Crippen LogP contribution in [0.15, 0.2) is 36.7 Å². The Bertz CT molecular complexity index is 865. The molecule has 26 heavy (non-hydrogen) atoms. The van der Waals surface area contributed by atoms with Crippen LogP contribution in [0.4, 0.5) is 10.5 Å². The number of fused-ring (bicyclic) bond motifs is 1. The minimum Gasteiger partial charge on any atom is -0.447 e. The van der Waals surface area contributed by atoms with Crippen molar-refractivity contribution in [2.24, 2.45) is 0 Å². The van der Waals surface area contributed by atoms with Crippen LogP contribution in [0.1, 0.15) is 22.3 Å². The molecule has 0 aliphatic carbocycles. The second-order valence-electron chi connectivity index (χ2n) is 6.73. The van der Waals surface area contributed by atoms with Crippen molar-refractivity contribution in [2.45, 2.75) is 26.3 Å². The SMILES string of the molecule is Cc1cnccc1CC(=O)N1CCc2c(cccc2N2CCOC2=O)C1. The van der Waals surface area contributed by atoms with Crippen LogP contribution in [0, 0.1) is 6.92 Å². The van der Waals surface area contributed by atoms with Crippen molar-refractivity contribution >= 4 is 17.7 Å². The van der Waals surface area contributed by atoms with Crippen molar-refractivity contribution in [2.75, 3.05) is 24.6 Å². The normalized spacial score (nSPS) is 16.4. The summed E-state index contributed by atoms with van der Waals surface area (Å²) in [5.74, 6) is 0.121. The summed E-state index contributed by atoms with van der Waals surface area (Å²) in [5, 5.41) is 0. The molecule has 0 radical (unpaired) electrons. The molecule has 2 aliphatic heterocycles. The molecule has 1 saturated heterocycles. The maximum atomic E-state index is 12.7. The number of pyridine rings is 1. The largest absolute Gasteiger partial charge is 0.447 e. The summed E-state index contributed by atoms with van der Waals surface area (Å²) in [6, 6.07) is 7.85. The molecule has 0 spiro atoms. The van der Waals surface area contributed by atoms with E-state index in [9.17, 15) is 9.59 Å². The molecule has 0 atom stereocenters. The van der Waals surface area contributed by atoms with Gasteiger partial charge >= 0.3 is 6.09 Å². The number of anilines is 1. The second kappa shape index (κ2) is 6.78. The summed E-state index contributed by atoms with van der Waals surface area (Å²) in [6.07, 6.45) is 4.36. The lowest BCUT2D eigenvalue weighted by Gasteiger charge is -2.31. The predicted octanol–water partition coefficient (Wildman–Crippen LogP) is 2.47. The maximum absolute atomic E-state index is 12.7. The lowest BCUT2D eigenvalue weighted by molar-refractivity contribution is -0.131. The molecule has 2 aromatic rings. The van der Waals surface area contributed by atoms with Crippen LogP contribution < -0.4 is 4.90 Å². The molecule has 0 saturated carbocycles. The number of aromatic nitrogens is 1. The Morgan fingerprint density at radius 3 is 2.92 bits per heavy atom. The van der Waals surface area contributed by atoms with E-state index >= 15 is 0 Å². The molecule has 0 unspecified atom stereocenters. The first-order valence-electron chi connectivity index (χ1n) is 8.86. The van der Waals surface area contributed by atoms with Gasteiger partial charge in [-0.3, -0.25) is 14.7 Å². The van der Waals surface area contributed by atoms with Crippen LogP contribution in [-0.4, -0.2) is 41.6 Å². The topological polar surface area (TPSA) is 62.7 Å². The van der Waals surface area contributed by atoms with Crippen molar-refractivity contribution < 1.29 is 14.3 Å². The molecule has 4 rings (SSSR count). The van der Waals surface area contributed by atoms with Gasteiger partial charge in [0.1, 0.15) is 6.61 Å². The van der Waals surface area contributed by atoms with Crippen LogP contribution >= 0.6 is 0 Å². The van der Waals surface area contributed by atoms with Crippen LogP contribution in [0.3, 0.4) is 0 Å². The molecule has 0 N–H and O–H groups in total. The number of hydrogen-bond donors (Lipinski definition) is 0. The quantitative estimate of drug-likeness (QED) is 0.852. The first-order valence-corrected chi connectivity index (χ1v) is 8.86. The van der Waals surface area contributed by atoms with E-state index in [0.717, 1.165) is 34.4 Å². The molecule has 1 fully saturated rings. The Labute approximate surface area is 152 Å². The van der Waals surface area contributed by atoms with Gasteiger partial charge in [0.15, 0.2) is 0 Å². The highest BCUT2D eigenvalue weighted by atomic mass is 16.6. The van der Waals surface area contributed by atoms with Crippen LogP contribution in [-0.2, 0) is 28.9 Å². The van der Waals surface area contributed by atoms with Gasteiger partial charge in [0, 0.05) is 25.5 Å². The first-order chi connectivity index (χ1) is 12.6. The third-order valence-electron chi connectivity index (χ3n) is 5.12. The average molecular weight is 351 g/mol. The Morgan fingerprint density at radius 2 is 2.15 bits per heavy atom. The fourth-order valence-corrected chi connectivity index (χ4v) is 3.64.